The van der Waals surface area contributed by atoms with Crippen LogP contribution in [0.2, 0.25) is 0 Å². The summed E-state index contributed by atoms with van der Waals surface area (Å²) in [6.07, 6.45) is 5.88. The molecule has 11 heteroatoms. The second-order valence-electron chi connectivity index (χ2n) is 10.8. The maximum Gasteiger partial charge on any atom is 0.410 e. The summed E-state index contributed by atoms with van der Waals surface area (Å²) in [5, 5.41) is 0. The lowest BCUT2D eigenvalue weighted by molar-refractivity contribution is -0.00771. The van der Waals surface area contributed by atoms with Crippen LogP contribution in [0.1, 0.15) is 52.0 Å². The molecule has 2 saturated heterocycles. The fourth-order valence-electron chi connectivity index (χ4n) is 5.44. The Hall–Kier alpha value is -2.95. The van der Waals surface area contributed by atoms with Crippen molar-refractivity contribution in [3.05, 3.63) is 35.9 Å². The molecule has 2 aromatic rings. The zero-order valence-electron chi connectivity index (χ0n) is 20.9. The van der Waals surface area contributed by atoms with Crippen LogP contribution < -0.4 is 9.64 Å². The number of sulfone groups is 1. The van der Waals surface area contributed by atoms with Crippen molar-refractivity contribution in [2.75, 3.05) is 17.7 Å². The molecule has 4 heterocycles. The van der Waals surface area contributed by atoms with E-state index in [1.807, 2.05) is 25.7 Å². The van der Waals surface area contributed by atoms with E-state index in [2.05, 4.69) is 9.97 Å². The second kappa shape index (κ2) is 8.86. The Bertz CT molecular complexity index is 1280. The van der Waals surface area contributed by atoms with Crippen molar-refractivity contribution in [2.45, 2.75) is 81.6 Å². The van der Waals surface area contributed by atoms with Gasteiger partial charge in [-0.15, -0.1) is 0 Å². The molecule has 0 N–H and O–H groups in total. The Morgan fingerprint density at radius 3 is 2.44 bits per heavy atom. The molecule has 2 atom stereocenters. The molecule has 0 aliphatic carbocycles. The Kier molecular flexibility index (Phi) is 6.09. The largest absolute Gasteiger partial charge is 0.474 e. The Morgan fingerprint density at radius 2 is 1.83 bits per heavy atom. The van der Waals surface area contributed by atoms with Crippen molar-refractivity contribution in [1.29, 1.82) is 0 Å². The van der Waals surface area contributed by atoms with Gasteiger partial charge in [-0.3, -0.25) is 0 Å². The average Bonchev–Trinajstić information content (AvgIpc) is 3.31. The molecular weight excluding hydrogens is 487 g/mol. The first-order chi connectivity index (χ1) is 16.9. The summed E-state index contributed by atoms with van der Waals surface area (Å²) in [6.45, 7) is 6.08. The number of ether oxygens (including phenoxy) is 2. The Morgan fingerprint density at radius 1 is 1.14 bits per heavy atom. The summed E-state index contributed by atoms with van der Waals surface area (Å²) >= 11 is 0. The number of hydrogen-bond acceptors (Lipinski definition) is 8. The lowest BCUT2D eigenvalue weighted by Gasteiger charge is -2.39. The lowest BCUT2D eigenvalue weighted by Crippen LogP contribution is -2.50. The van der Waals surface area contributed by atoms with Gasteiger partial charge in [-0.25, -0.2) is 27.6 Å². The normalized spacial score (nSPS) is 23.5. The van der Waals surface area contributed by atoms with E-state index in [1.54, 1.807) is 4.90 Å². The molecule has 2 fully saturated rings. The Labute approximate surface area is 210 Å². The third-order valence-corrected chi connectivity index (χ3v) is 8.04. The fourth-order valence-corrected chi connectivity index (χ4v) is 6.07. The van der Waals surface area contributed by atoms with E-state index in [9.17, 15) is 17.6 Å². The van der Waals surface area contributed by atoms with Gasteiger partial charge in [0.15, 0.2) is 9.84 Å². The summed E-state index contributed by atoms with van der Waals surface area (Å²) in [5.74, 6) is 0.406. The van der Waals surface area contributed by atoms with Gasteiger partial charge in [0, 0.05) is 37.7 Å². The average molecular weight is 519 g/mol. The molecular formula is C25H31FN4O5S. The third kappa shape index (κ3) is 4.72. The first-order valence-electron chi connectivity index (χ1n) is 12.2. The van der Waals surface area contributed by atoms with E-state index in [-0.39, 0.29) is 34.9 Å². The van der Waals surface area contributed by atoms with Crippen molar-refractivity contribution < 1.29 is 27.1 Å². The number of rotatable bonds is 4. The van der Waals surface area contributed by atoms with Crippen molar-refractivity contribution in [2.24, 2.45) is 0 Å². The van der Waals surface area contributed by atoms with E-state index in [1.165, 1.54) is 18.5 Å². The van der Waals surface area contributed by atoms with Gasteiger partial charge in [-0.1, -0.05) is 0 Å². The number of piperidine rings is 1. The van der Waals surface area contributed by atoms with Gasteiger partial charge in [0.05, 0.1) is 16.1 Å². The van der Waals surface area contributed by atoms with Crippen LogP contribution in [0.3, 0.4) is 0 Å². The molecule has 1 aromatic heterocycles. The van der Waals surface area contributed by atoms with Gasteiger partial charge in [-0.2, -0.15) is 0 Å². The Balaban J connectivity index is 1.32. The molecule has 5 rings (SSSR count). The predicted octanol–water partition coefficient (Wildman–Crippen LogP) is 4.02. The van der Waals surface area contributed by atoms with Crippen molar-refractivity contribution in [3.8, 4) is 5.88 Å². The minimum atomic E-state index is -3.51. The highest BCUT2D eigenvalue weighted by Crippen LogP contribution is 2.41. The van der Waals surface area contributed by atoms with Crippen LogP contribution in [0.15, 0.2) is 29.4 Å². The van der Waals surface area contributed by atoms with E-state index < -0.39 is 21.3 Å². The van der Waals surface area contributed by atoms with Crippen molar-refractivity contribution in [3.63, 3.8) is 0 Å². The summed E-state index contributed by atoms with van der Waals surface area (Å²) < 4.78 is 50.4. The quantitative estimate of drug-likeness (QED) is 0.598. The number of carbonyl (C=O) groups is 1. The number of halogens is 1. The van der Waals surface area contributed by atoms with Crippen LogP contribution in [0.25, 0.3) is 0 Å². The van der Waals surface area contributed by atoms with Crippen LogP contribution in [0.5, 0.6) is 5.88 Å². The number of aromatic nitrogens is 2. The number of hydrogen-bond donors (Lipinski definition) is 0. The van der Waals surface area contributed by atoms with Crippen LogP contribution in [0, 0.1) is 5.82 Å². The van der Waals surface area contributed by atoms with Gasteiger partial charge in [-0.05, 0) is 58.2 Å². The minimum absolute atomic E-state index is 0.0671. The van der Waals surface area contributed by atoms with Crippen LogP contribution >= 0.6 is 0 Å². The number of amides is 1. The van der Waals surface area contributed by atoms with Crippen molar-refractivity contribution >= 4 is 27.4 Å². The van der Waals surface area contributed by atoms with E-state index >= 15 is 0 Å². The zero-order valence-corrected chi connectivity index (χ0v) is 21.7. The number of carbonyl (C=O) groups excluding carboxylic acids is 1. The van der Waals surface area contributed by atoms with Gasteiger partial charge in [0.25, 0.3) is 0 Å². The molecule has 3 aliphatic rings. The molecule has 36 heavy (non-hydrogen) atoms. The van der Waals surface area contributed by atoms with E-state index in [4.69, 9.17) is 9.47 Å². The predicted molar refractivity (Wildman–Crippen MR) is 131 cm³/mol. The molecule has 0 spiro atoms. The number of benzene rings is 1. The summed E-state index contributed by atoms with van der Waals surface area (Å²) in [6, 6.07) is 4.04. The van der Waals surface area contributed by atoms with Gasteiger partial charge < -0.3 is 19.3 Å². The van der Waals surface area contributed by atoms with Crippen LogP contribution in [0.4, 0.5) is 20.7 Å². The number of fused-ring (bicyclic) bond motifs is 3. The molecule has 9 nitrogen and oxygen atoms in total. The maximum absolute atomic E-state index is 14.9. The highest BCUT2D eigenvalue weighted by molar-refractivity contribution is 7.90. The first kappa shape index (κ1) is 24.7. The third-order valence-electron chi connectivity index (χ3n) is 6.93. The zero-order chi connectivity index (χ0) is 25.8. The minimum Gasteiger partial charge on any atom is -0.474 e. The van der Waals surface area contributed by atoms with Crippen LogP contribution in [-0.2, 0) is 21.0 Å². The van der Waals surface area contributed by atoms with Gasteiger partial charge in [0.1, 0.15) is 29.7 Å². The monoisotopic (exact) mass is 518 g/mol. The highest BCUT2D eigenvalue weighted by Gasteiger charge is 2.46. The maximum atomic E-state index is 14.9. The van der Waals surface area contributed by atoms with Crippen molar-refractivity contribution in [1.82, 2.24) is 14.9 Å². The highest BCUT2D eigenvalue weighted by atomic mass is 32.2. The van der Waals surface area contributed by atoms with Crippen LogP contribution in [-0.4, -0.2) is 66.0 Å². The molecule has 194 valence electrons. The van der Waals surface area contributed by atoms with E-state index in [0.29, 0.717) is 37.5 Å². The fraction of sp³-hybridized carbons (Fsp3) is 0.560. The van der Waals surface area contributed by atoms with E-state index in [0.717, 1.165) is 30.7 Å². The molecule has 0 saturated carbocycles. The molecule has 2 bridgehead atoms. The number of anilines is 2. The van der Waals surface area contributed by atoms with Gasteiger partial charge >= 0.3 is 6.09 Å². The first-order valence-corrected chi connectivity index (χ1v) is 14.1. The topological polar surface area (TPSA) is 102 Å². The molecule has 0 radical (unpaired) electrons. The lowest BCUT2D eigenvalue weighted by atomic mass is 10.00. The SMILES string of the molecule is CC(C)(C)OC(=O)N1C2CCC1CC(Oc1ncnc3c1CCN3c1ccc(S(C)(=O)=O)cc1F)C2. The molecule has 1 amide bonds. The summed E-state index contributed by atoms with van der Waals surface area (Å²) in [7, 11) is -3.51. The second-order valence-corrected chi connectivity index (χ2v) is 12.8. The smallest absolute Gasteiger partial charge is 0.410 e. The molecule has 3 aliphatic heterocycles. The summed E-state index contributed by atoms with van der Waals surface area (Å²) in [5.41, 5.74) is 0.516. The summed E-state index contributed by atoms with van der Waals surface area (Å²) in [4.78, 5) is 25.0. The van der Waals surface area contributed by atoms with Gasteiger partial charge in [0.2, 0.25) is 5.88 Å². The molecule has 1 aromatic carbocycles. The standard InChI is InChI=1S/C25H31FN4O5S/c1-25(2,3)35-24(31)30-15-5-6-16(30)12-17(11-15)34-23-19-9-10-29(22(19)27-14-28-23)21-8-7-18(13-20(21)26)36(4,32)33/h7-8,13-17H,5-6,9-12H2,1-4H3. The molecule has 2 unspecified atom stereocenters. The number of nitrogens with zero attached hydrogens (tertiary/aromatic N) is 4.